The first-order valence-corrected chi connectivity index (χ1v) is 6.24. The van der Waals surface area contributed by atoms with E-state index >= 15 is 0 Å². The Morgan fingerprint density at radius 2 is 1.84 bits per heavy atom. The van der Waals surface area contributed by atoms with Gasteiger partial charge in [-0.25, -0.2) is 4.39 Å². The van der Waals surface area contributed by atoms with Gasteiger partial charge in [-0.15, -0.1) is 0 Å². The van der Waals surface area contributed by atoms with Crippen LogP contribution in [0, 0.1) is 11.7 Å². The van der Waals surface area contributed by atoms with E-state index in [-0.39, 0.29) is 30.6 Å². The van der Waals surface area contributed by atoms with Crippen molar-refractivity contribution in [1.82, 2.24) is 0 Å². The Bertz CT molecular complexity index is 443. The molecule has 1 aromatic carbocycles. The molecule has 5 heteroatoms. The van der Waals surface area contributed by atoms with E-state index in [4.69, 9.17) is 5.73 Å². The van der Waals surface area contributed by atoms with E-state index in [2.05, 4.69) is 0 Å². The maximum atomic E-state index is 12.9. The highest BCUT2D eigenvalue weighted by Gasteiger charge is 2.17. The summed E-state index contributed by atoms with van der Waals surface area (Å²) < 4.78 is 12.9. The van der Waals surface area contributed by atoms with E-state index in [0.717, 1.165) is 0 Å². The molecule has 0 aromatic heterocycles. The molecule has 0 aliphatic heterocycles. The average molecular weight is 266 g/mol. The van der Waals surface area contributed by atoms with Gasteiger partial charge in [0.25, 0.3) is 0 Å². The zero-order valence-corrected chi connectivity index (χ0v) is 11.2. The van der Waals surface area contributed by atoms with Crippen LogP contribution < -0.4 is 10.6 Å². The van der Waals surface area contributed by atoms with E-state index < -0.39 is 5.91 Å². The highest BCUT2D eigenvalue weighted by atomic mass is 19.1. The predicted octanol–water partition coefficient (Wildman–Crippen LogP) is 2.08. The largest absolute Gasteiger partial charge is 0.370 e. The fourth-order valence-electron chi connectivity index (χ4n) is 1.70. The second kappa shape index (κ2) is 6.87. The fraction of sp³-hybridized carbons (Fsp3) is 0.429. The van der Waals surface area contributed by atoms with Crippen LogP contribution in [-0.4, -0.2) is 18.4 Å². The molecule has 104 valence electrons. The van der Waals surface area contributed by atoms with Crippen molar-refractivity contribution in [2.75, 3.05) is 11.4 Å². The van der Waals surface area contributed by atoms with Crippen LogP contribution >= 0.6 is 0 Å². The van der Waals surface area contributed by atoms with Crippen LogP contribution in [0.5, 0.6) is 0 Å². The van der Waals surface area contributed by atoms with E-state index in [1.807, 2.05) is 13.8 Å². The third-order valence-electron chi connectivity index (χ3n) is 2.60. The third-order valence-corrected chi connectivity index (χ3v) is 2.60. The summed E-state index contributed by atoms with van der Waals surface area (Å²) in [6.07, 6.45) is 0.456. The van der Waals surface area contributed by atoms with Crippen LogP contribution in [-0.2, 0) is 9.59 Å². The van der Waals surface area contributed by atoms with Crippen molar-refractivity contribution in [1.29, 1.82) is 0 Å². The minimum atomic E-state index is -0.468. The lowest BCUT2D eigenvalue weighted by Crippen LogP contribution is -2.34. The molecule has 0 heterocycles. The van der Waals surface area contributed by atoms with E-state index in [1.165, 1.54) is 29.2 Å². The highest BCUT2D eigenvalue weighted by molar-refractivity contribution is 5.94. The van der Waals surface area contributed by atoms with Gasteiger partial charge < -0.3 is 10.6 Å². The third kappa shape index (κ3) is 5.07. The van der Waals surface area contributed by atoms with Crippen LogP contribution in [0.3, 0.4) is 0 Å². The van der Waals surface area contributed by atoms with Crippen LogP contribution in [0.2, 0.25) is 0 Å². The Morgan fingerprint density at radius 3 is 2.32 bits per heavy atom. The quantitative estimate of drug-likeness (QED) is 0.856. The summed E-state index contributed by atoms with van der Waals surface area (Å²) in [4.78, 5) is 24.5. The van der Waals surface area contributed by atoms with E-state index in [0.29, 0.717) is 12.1 Å². The minimum absolute atomic E-state index is 0.0845. The monoisotopic (exact) mass is 266 g/mol. The van der Waals surface area contributed by atoms with Crippen molar-refractivity contribution in [2.24, 2.45) is 11.7 Å². The Kier molecular flexibility index (Phi) is 5.48. The zero-order valence-electron chi connectivity index (χ0n) is 11.2. The molecule has 0 fully saturated rings. The smallest absolute Gasteiger partial charge is 0.227 e. The molecule has 0 bridgehead atoms. The summed E-state index contributed by atoms with van der Waals surface area (Å²) in [5.41, 5.74) is 5.68. The number of anilines is 1. The lowest BCUT2D eigenvalue weighted by Gasteiger charge is -2.23. The van der Waals surface area contributed by atoms with Gasteiger partial charge in [-0.3, -0.25) is 9.59 Å². The Labute approximate surface area is 112 Å². The van der Waals surface area contributed by atoms with Crippen molar-refractivity contribution in [3.8, 4) is 0 Å². The number of nitrogens with two attached hydrogens (primary N) is 1. The van der Waals surface area contributed by atoms with Gasteiger partial charge in [-0.2, -0.15) is 0 Å². The van der Waals surface area contributed by atoms with Crippen LogP contribution in [0.15, 0.2) is 24.3 Å². The number of benzene rings is 1. The maximum absolute atomic E-state index is 12.9. The molecule has 0 aliphatic rings. The predicted molar refractivity (Wildman–Crippen MR) is 72.0 cm³/mol. The summed E-state index contributed by atoms with van der Waals surface area (Å²) in [7, 11) is 0. The molecule has 0 aliphatic carbocycles. The van der Waals surface area contributed by atoms with Gasteiger partial charge in [-0.05, 0) is 30.2 Å². The van der Waals surface area contributed by atoms with Crippen LogP contribution in [0.25, 0.3) is 0 Å². The molecule has 0 spiro atoms. The van der Waals surface area contributed by atoms with Gasteiger partial charge in [0.1, 0.15) is 5.82 Å². The van der Waals surface area contributed by atoms with Crippen molar-refractivity contribution >= 4 is 17.5 Å². The normalized spacial score (nSPS) is 10.5. The molecule has 2 N–H and O–H groups in total. The molecule has 4 nitrogen and oxygen atoms in total. The van der Waals surface area contributed by atoms with Gasteiger partial charge >= 0.3 is 0 Å². The Balaban J connectivity index is 2.87. The van der Waals surface area contributed by atoms with Crippen LogP contribution in [0.4, 0.5) is 10.1 Å². The zero-order chi connectivity index (χ0) is 14.4. The number of primary amides is 1. The number of nitrogens with zero attached hydrogens (tertiary/aromatic N) is 1. The molecule has 1 aromatic rings. The van der Waals surface area contributed by atoms with Gasteiger partial charge in [0.15, 0.2) is 0 Å². The van der Waals surface area contributed by atoms with Gasteiger partial charge in [0.05, 0.1) is 0 Å². The highest BCUT2D eigenvalue weighted by Crippen LogP contribution is 2.18. The number of halogens is 1. The molecule has 1 rings (SSSR count). The van der Waals surface area contributed by atoms with Crippen molar-refractivity contribution < 1.29 is 14.0 Å². The number of hydrogen-bond acceptors (Lipinski definition) is 2. The Hall–Kier alpha value is -1.91. The summed E-state index contributed by atoms with van der Waals surface area (Å²) >= 11 is 0. The summed E-state index contributed by atoms with van der Waals surface area (Å²) in [6, 6.07) is 5.62. The number of carbonyl (C=O) groups is 2. The lowest BCUT2D eigenvalue weighted by atomic mass is 10.1. The summed E-state index contributed by atoms with van der Waals surface area (Å²) in [6.45, 7) is 4.09. The van der Waals surface area contributed by atoms with Gasteiger partial charge in [0, 0.05) is 25.1 Å². The second-order valence-corrected chi connectivity index (χ2v) is 4.84. The van der Waals surface area contributed by atoms with Crippen molar-refractivity contribution in [3.05, 3.63) is 30.1 Å². The fourth-order valence-corrected chi connectivity index (χ4v) is 1.70. The lowest BCUT2D eigenvalue weighted by molar-refractivity contribution is -0.119. The summed E-state index contributed by atoms with van der Waals surface area (Å²) in [5.74, 6) is -0.716. The van der Waals surface area contributed by atoms with E-state index in [9.17, 15) is 14.0 Å². The number of amides is 2. The van der Waals surface area contributed by atoms with Gasteiger partial charge in [-0.1, -0.05) is 13.8 Å². The number of hydrogen-bond donors (Lipinski definition) is 1. The standard InChI is InChI=1S/C14H19FN2O2/c1-10(2)9-14(19)17(8-7-13(16)18)12-5-3-11(15)4-6-12/h3-6,10H,7-9H2,1-2H3,(H2,16,18). The number of carbonyl (C=O) groups excluding carboxylic acids is 2. The molecule has 0 radical (unpaired) electrons. The molecule has 0 saturated carbocycles. The maximum Gasteiger partial charge on any atom is 0.227 e. The topological polar surface area (TPSA) is 63.4 Å². The molecule has 0 saturated heterocycles. The van der Waals surface area contributed by atoms with Crippen molar-refractivity contribution in [3.63, 3.8) is 0 Å². The summed E-state index contributed by atoms with van der Waals surface area (Å²) in [5, 5.41) is 0. The molecular formula is C14H19FN2O2. The average Bonchev–Trinajstić information content (AvgIpc) is 2.30. The SMILES string of the molecule is CC(C)CC(=O)N(CCC(N)=O)c1ccc(F)cc1. The molecule has 0 atom stereocenters. The van der Waals surface area contributed by atoms with Gasteiger partial charge in [0.2, 0.25) is 11.8 Å². The molecule has 2 amide bonds. The van der Waals surface area contributed by atoms with Crippen molar-refractivity contribution in [2.45, 2.75) is 26.7 Å². The molecule has 19 heavy (non-hydrogen) atoms. The first-order valence-electron chi connectivity index (χ1n) is 6.24. The first kappa shape index (κ1) is 15.1. The molecular weight excluding hydrogens is 247 g/mol. The Morgan fingerprint density at radius 1 is 1.26 bits per heavy atom. The minimum Gasteiger partial charge on any atom is -0.370 e. The molecule has 0 unspecified atom stereocenters. The first-order chi connectivity index (χ1) is 8.90. The second-order valence-electron chi connectivity index (χ2n) is 4.84. The van der Waals surface area contributed by atoms with Crippen LogP contribution in [0.1, 0.15) is 26.7 Å². The van der Waals surface area contributed by atoms with E-state index in [1.54, 1.807) is 0 Å². The number of rotatable bonds is 6.